The predicted molar refractivity (Wildman–Crippen MR) is 76.7 cm³/mol. The van der Waals surface area contributed by atoms with Gasteiger partial charge in [0.15, 0.2) is 9.84 Å². The lowest BCUT2D eigenvalue weighted by molar-refractivity contribution is 0.241. The molecule has 0 bridgehead atoms. The van der Waals surface area contributed by atoms with E-state index in [1.807, 2.05) is 0 Å². The lowest BCUT2D eigenvalue weighted by atomic mass is 10.1. The van der Waals surface area contributed by atoms with E-state index < -0.39 is 9.84 Å². The predicted octanol–water partition coefficient (Wildman–Crippen LogP) is 1.40. The van der Waals surface area contributed by atoms with Gasteiger partial charge >= 0.3 is 0 Å². The van der Waals surface area contributed by atoms with Gasteiger partial charge in [-0.1, -0.05) is 18.6 Å². The summed E-state index contributed by atoms with van der Waals surface area (Å²) in [5.41, 5.74) is 6.46. The summed E-state index contributed by atoms with van der Waals surface area (Å²) in [5, 5.41) is 0. The largest absolute Gasteiger partial charge is 0.326 e. The molecule has 0 aromatic heterocycles. The Hall–Kier alpha value is -0.910. The number of hydrogen-bond acceptors (Lipinski definition) is 4. The van der Waals surface area contributed by atoms with Crippen molar-refractivity contribution in [2.45, 2.75) is 30.7 Å². The summed E-state index contributed by atoms with van der Waals surface area (Å²) in [6.07, 6.45) is 3.64. The van der Waals surface area contributed by atoms with E-state index in [1.54, 1.807) is 24.3 Å². The standard InChI is InChI=1S/C14H22N2O2S/c15-12-13-4-6-14(7-5-13)19(17,18)11-10-16-8-2-1-3-9-16/h4-7H,1-3,8-12,15H2. The first-order chi connectivity index (χ1) is 9.12. The maximum Gasteiger partial charge on any atom is 0.179 e. The van der Waals surface area contributed by atoms with Crippen LogP contribution in [0.1, 0.15) is 24.8 Å². The van der Waals surface area contributed by atoms with E-state index in [0.717, 1.165) is 18.7 Å². The number of piperidine rings is 1. The van der Waals surface area contributed by atoms with Crippen LogP contribution in [0.25, 0.3) is 0 Å². The van der Waals surface area contributed by atoms with Crippen LogP contribution in [0.3, 0.4) is 0 Å². The van der Waals surface area contributed by atoms with Gasteiger partial charge in [0, 0.05) is 13.1 Å². The Morgan fingerprint density at radius 3 is 2.26 bits per heavy atom. The fourth-order valence-electron chi connectivity index (χ4n) is 2.38. The van der Waals surface area contributed by atoms with Gasteiger partial charge in [-0.2, -0.15) is 0 Å². The molecule has 1 aromatic carbocycles. The summed E-state index contributed by atoms with van der Waals surface area (Å²) in [6, 6.07) is 6.89. The third-order valence-corrected chi connectivity index (χ3v) is 5.35. The van der Waals surface area contributed by atoms with Crippen molar-refractivity contribution in [3.05, 3.63) is 29.8 Å². The molecule has 19 heavy (non-hydrogen) atoms. The van der Waals surface area contributed by atoms with Crippen LogP contribution in [0.2, 0.25) is 0 Å². The molecule has 1 fully saturated rings. The number of hydrogen-bond donors (Lipinski definition) is 1. The molecule has 1 aliphatic rings. The van der Waals surface area contributed by atoms with Crippen molar-refractivity contribution in [1.82, 2.24) is 4.90 Å². The van der Waals surface area contributed by atoms with E-state index in [1.165, 1.54) is 19.3 Å². The highest BCUT2D eigenvalue weighted by Gasteiger charge is 2.17. The normalized spacial score (nSPS) is 17.5. The van der Waals surface area contributed by atoms with Crippen molar-refractivity contribution >= 4 is 9.84 Å². The van der Waals surface area contributed by atoms with E-state index in [0.29, 0.717) is 18.0 Å². The number of sulfone groups is 1. The number of likely N-dealkylation sites (tertiary alicyclic amines) is 1. The molecule has 5 heteroatoms. The molecule has 0 saturated carbocycles. The molecule has 106 valence electrons. The van der Waals surface area contributed by atoms with Crippen LogP contribution < -0.4 is 5.73 Å². The molecule has 0 aliphatic carbocycles. The first kappa shape index (κ1) is 14.5. The first-order valence-electron chi connectivity index (χ1n) is 6.86. The molecule has 0 amide bonds. The van der Waals surface area contributed by atoms with Crippen LogP contribution in [-0.2, 0) is 16.4 Å². The summed E-state index contributed by atoms with van der Waals surface area (Å²) in [7, 11) is -3.17. The van der Waals surface area contributed by atoms with Gasteiger partial charge in [-0.15, -0.1) is 0 Å². The average Bonchev–Trinajstić information content (AvgIpc) is 2.46. The second-order valence-electron chi connectivity index (χ2n) is 5.07. The van der Waals surface area contributed by atoms with Crippen molar-refractivity contribution in [2.75, 3.05) is 25.4 Å². The Morgan fingerprint density at radius 1 is 1.05 bits per heavy atom. The molecular formula is C14H22N2O2S. The fourth-order valence-corrected chi connectivity index (χ4v) is 3.67. The molecule has 4 nitrogen and oxygen atoms in total. The van der Waals surface area contributed by atoms with Gasteiger partial charge in [-0.3, -0.25) is 0 Å². The van der Waals surface area contributed by atoms with Crippen molar-refractivity contribution in [3.8, 4) is 0 Å². The minimum Gasteiger partial charge on any atom is -0.326 e. The summed E-state index contributed by atoms with van der Waals surface area (Å²) >= 11 is 0. The van der Waals surface area contributed by atoms with Crippen molar-refractivity contribution in [2.24, 2.45) is 5.73 Å². The molecule has 0 atom stereocenters. The van der Waals surface area contributed by atoms with Crippen LogP contribution in [-0.4, -0.2) is 38.7 Å². The summed E-state index contributed by atoms with van der Waals surface area (Å²) < 4.78 is 24.4. The number of benzene rings is 1. The summed E-state index contributed by atoms with van der Waals surface area (Å²) in [6.45, 7) is 3.14. The van der Waals surface area contributed by atoms with Gasteiger partial charge in [0.25, 0.3) is 0 Å². The highest BCUT2D eigenvalue weighted by molar-refractivity contribution is 7.91. The molecule has 1 heterocycles. The second kappa shape index (κ2) is 6.50. The smallest absolute Gasteiger partial charge is 0.179 e. The topological polar surface area (TPSA) is 63.4 Å². The second-order valence-corrected chi connectivity index (χ2v) is 7.18. The summed E-state index contributed by atoms with van der Waals surface area (Å²) in [5.74, 6) is 0.203. The lowest BCUT2D eigenvalue weighted by Gasteiger charge is -2.26. The molecule has 1 aromatic rings. The van der Waals surface area contributed by atoms with Crippen LogP contribution in [0.15, 0.2) is 29.2 Å². The third kappa shape index (κ3) is 4.03. The van der Waals surface area contributed by atoms with Crippen molar-refractivity contribution in [3.63, 3.8) is 0 Å². The molecular weight excluding hydrogens is 260 g/mol. The Bertz CT molecular complexity index is 491. The lowest BCUT2D eigenvalue weighted by Crippen LogP contribution is -2.33. The third-order valence-electron chi connectivity index (χ3n) is 3.64. The molecule has 1 aliphatic heterocycles. The SMILES string of the molecule is NCc1ccc(S(=O)(=O)CCN2CCCCC2)cc1. The highest BCUT2D eigenvalue weighted by Crippen LogP contribution is 2.14. The maximum absolute atomic E-state index is 12.2. The first-order valence-corrected chi connectivity index (χ1v) is 8.51. The average molecular weight is 282 g/mol. The molecule has 0 radical (unpaired) electrons. The minimum absolute atomic E-state index is 0.203. The van der Waals surface area contributed by atoms with E-state index in [-0.39, 0.29) is 5.75 Å². The van der Waals surface area contributed by atoms with Crippen LogP contribution >= 0.6 is 0 Å². The van der Waals surface area contributed by atoms with E-state index in [2.05, 4.69) is 4.90 Å². The number of nitrogens with two attached hydrogens (primary N) is 1. The Labute approximate surface area is 115 Å². The quantitative estimate of drug-likeness (QED) is 0.887. The monoisotopic (exact) mass is 282 g/mol. The fraction of sp³-hybridized carbons (Fsp3) is 0.571. The number of nitrogens with zero attached hydrogens (tertiary/aromatic N) is 1. The number of rotatable bonds is 5. The molecule has 2 N–H and O–H groups in total. The van der Waals surface area contributed by atoms with Crippen LogP contribution in [0.4, 0.5) is 0 Å². The molecule has 0 spiro atoms. The minimum atomic E-state index is -3.17. The van der Waals surface area contributed by atoms with Gasteiger partial charge in [-0.25, -0.2) is 8.42 Å². The maximum atomic E-state index is 12.2. The van der Waals surface area contributed by atoms with E-state index in [9.17, 15) is 8.42 Å². The van der Waals surface area contributed by atoms with Crippen LogP contribution in [0.5, 0.6) is 0 Å². The van der Waals surface area contributed by atoms with Crippen molar-refractivity contribution in [1.29, 1.82) is 0 Å². The van der Waals surface area contributed by atoms with Gasteiger partial charge in [0.05, 0.1) is 10.6 Å². The highest BCUT2D eigenvalue weighted by atomic mass is 32.2. The van der Waals surface area contributed by atoms with Gasteiger partial charge < -0.3 is 10.6 Å². The molecule has 0 unspecified atom stereocenters. The van der Waals surface area contributed by atoms with Crippen LogP contribution in [0, 0.1) is 0 Å². The van der Waals surface area contributed by atoms with Gasteiger partial charge in [0.2, 0.25) is 0 Å². The zero-order chi connectivity index (χ0) is 13.7. The molecule has 1 saturated heterocycles. The van der Waals surface area contributed by atoms with Gasteiger partial charge in [-0.05, 0) is 43.6 Å². The van der Waals surface area contributed by atoms with Crippen molar-refractivity contribution < 1.29 is 8.42 Å². The van der Waals surface area contributed by atoms with E-state index >= 15 is 0 Å². The Morgan fingerprint density at radius 2 is 1.68 bits per heavy atom. The zero-order valence-corrected chi connectivity index (χ0v) is 12.0. The van der Waals surface area contributed by atoms with E-state index in [4.69, 9.17) is 5.73 Å². The summed E-state index contributed by atoms with van der Waals surface area (Å²) in [4.78, 5) is 2.65. The Balaban J connectivity index is 1.96. The Kier molecular flexibility index (Phi) is 4.96. The van der Waals surface area contributed by atoms with Gasteiger partial charge in [0.1, 0.15) is 0 Å². The molecule has 2 rings (SSSR count). The zero-order valence-electron chi connectivity index (χ0n) is 11.2.